The van der Waals surface area contributed by atoms with Crippen molar-refractivity contribution in [2.45, 2.75) is 62.9 Å². The highest BCUT2D eigenvalue weighted by Crippen LogP contribution is 2.30. The monoisotopic (exact) mass is 414 g/mol. The summed E-state index contributed by atoms with van der Waals surface area (Å²) in [7, 11) is 0. The molecule has 2 fully saturated rings. The lowest BCUT2D eigenvalue weighted by atomic mass is 9.83. The highest BCUT2D eigenvalue weighted by Gasteiger charge is 2.33. The van der Waals surface area contributed by atoms with Gasteiger partial charge in [0.2, 0.25) is 0 Å². The van der Waals surface area contributed by atoms with Gasteiger partial charge in [0.1, 0.15) is 5.76 Å². The third-order valence-electron chi connectivity index (χ3n) is 5.94. The number of aromatic nitrogens is 2. The minimum Gasteiger partial charge on any atom is -0.455 e. The van der Waals surface area contributed by atoms with Gasteiger partial charge < -0.3 is 14.6 Å². The highest BCUT2D eigenvalue weighted by atomic mass is 32.2. The fourth-order valence-corrected chi connectivity index (χ4v) is 5.44. The summed E-state index contributed by atoms with van der Waals surface area (Å²) < 4.78 is 5.78. The van der Waals surface area contributed by atoms with Gasteiger partial charge in [0.15, 0.2) is 10.9 Å². The summed E-state index contributed by atoms with van der Waals surface area (Å²) in [6.07, 6.45) is 6.34. The number of amides is 1. The molecule has 2 aromatic heterocycles. The zero-order valence-corrected chi connectivity index (χ0v) is 18.1. The van der Waals surface area contributed by atoms with Crippen molar-refractivity contribution in [2.75, 3.05) is 19.6 Å². The lowest BCUT2D eigenvalue weighted by Crippen LogP contribution is -2.50. The molecule has 2 aliphatic rings. The Balaban J connectivity index is 1.29. The maximum atomic E-state index is 12.6. The summed E-state index contributed by atoms with van der Waals surface area (Å²) in [6, 6.07) is 6.23. The van der Waals surface area contributed by atoms with E-state index < -0.39 is 0 Å². The molecule has 0 unspecified atom stereocenters. The Kier molecular flexibility index (Phi) is 6.55. The zero-order chi connectivity index (χ0) is 20.2. The Morgan fingerprint density at radius 2 is 1.97 bits per heavy atom. The smallest absolute Gasteiger partial charge is 0.287 e. The van der Waals surface area contributed by atoms with Crippen LogP contribution in [0.15, 0.2) is 27.8 Å². The second kappa shape index (κ2) is 9.30. The number of fused-ring (bicyclic) bond motifs is 1. The van der Waals surface area contributed by atoms with Crippen LogP contribution in [0.5, 0.6) is 0 Å². The number of thioether (sulfide) groups is 1. The van der Waals surface area contributed by atoms with Crippen molar-refractivity contribution in [1.29, 1.82) is 0 Å². The molecule has 0 bridgehead atoms. The van der Waals surface area contributed by atoms with Crippen molar-refractivity contribution in [2.24, 2.45) is 5.92 Å². The molecule has 2 aliphatic heterocycles. The van der Waals surface area contributed by atoms with Crippen molar-refractivity contribution in [3.8, 4) is 0 Å². The molecule has 0 saturated carbocycles. The van der Waals surface area contributed by atoms with Gasteiger partial charge in [0, 0.05) is 24.0 Å². The number of carbonyl (C=O) groups excluding carboxylic acids is 1. The molecule has 0 radical (unpaired) electrons. The standard InChI is InChI=1S/C22H30N4O2S/c1-15-12-16(2)25-22(24-15)29-14-18-8-9-20(28-18)21(27)23-13-17-6-5-11-26-10-4-3-7-19(17)26/h8-9,12,17,19H,3-7,10-11,13-14H2,1-2H3,(H,23,27)/t17-,19+/m0/s1. The minimum atomic E-state index is -0.114. The SMILES string of the molecule is Cc1cc(C)nc(SCc2ccc(C(=O)NC[C@@H]3CCCN4CCCC[C@H]34)o2)n1. The number of piperidine rings is 2. The van der Waals surface area contributed by atoms with Gasteiger partial charge >= 0.3 is 0 Å². The predicted molar refractivity (Wildman–Crippen MR) is 114 cm³/mol. The van der Waals surface area contributed by atoms with E-state index in [-0.39, 0.29) is 5.91 Å². The van der Waals surface area contributed by atoms with Gasteiger partial charge in [0.25, 0.3) is 5.91 Å². The summed E-state index contributed by atoms with van der Waals surface area (Å²) in [5.41, 5.74) is 1.91. The number of hydrogen-bond donors (Lipinski definition) is 1. The van der Waals surface area contributed by atoms with Gasteiger partial charge in [-0.2, -0.15) is 0 Å². The Bertz CT molecular complexity index is 831. The van der Waals surface area contributed by atoms with Crippen molar-refractivity contribution >= 4 is 17.7 Å². The van der Waals surface area contributed by atoms with Crippen LogP contribution in [-0.4, -0.2) is 46.5 Å². The molecule has 0 aromatic carbocycles. The van der Waals surface area contributed by atoms with E-state index in [1.54, 1.807) is 6.07 Å². The van der Waals surface area contributed by atoms with Crippen molar-refractivity contribution in [3.63, 3.8) is 0 Å². The van der Waals surface area contributed by atoms with Crippen LogP contribution >= 0.6 is 11.8 Å². The first-order valence-electron chi connectivity index (χ1n) is 10.6. The lowest BCUT2D eigenvalue weighted by molar-refractivity contribution is 0.0571. The normalized spacial score (nSPS) is 22.3. The molecule has 6 nitrogen and oxygen atoms in total. The van der Waals surface area contributed by atoms with Gasteiger partial charge in [-0.25, -0.2) is 9.97 Å². The predicted octanol–water partition coefficient (Wildman–Crippen LogP) is 3.97. The number of aryl methyl sites for hydroxylation is 2. The van der Waals surface area contributed by atoms with Crippen LogP contribution in [-0.2, 0) is 5.75 Å². The average molecular weight is 415 g/mol. The van der Waals surface area contributed by atoms with Crippen LogP contribution in [0.3, 0.4) is 0 Å². The Morgan fingerprint density at radius 3 is 2.79 bits per heavy atom. The summed E-state index contributed by atoms with van der Waals surface area (Å²) in [4.78, 5) is 24.1. The van der Waals surface area contributed by atoms with E-state index in [4.69, 9.17) is 4.42 Å². The van der Waals surface area contributed by atoms with Crippen molar-refractivity contribution < 1.29 is 9.21 Å². The van der Waals surface area contributed by atoms with E-state index in [2.05, 4.69) is 20.2 Å². The molecular weight excluding hydrogens is 384 g/mol. The average Bonchev–Trinajstić information content (AvgIpc) is 3.19. The molecule has 2 atom stereocenters. The molecule has 29 heavy (non-hydrogen) atoms. The molecule has 2 saturated heterocycles. The first-order chi connectivity index (χ1) is 14.1. The van der Waals surface area contributed by atoms with Crippen LogP contribution in [0.4, 0.5) is 0 Å². The van der Waals surface area contributed by atoms with E-state index >= 15 is 0 Å². The second-order valence-electron chi connectivity index (χ2n) is 8.20. The lowest BCUT2D eigenvalue weighted by Gasteiger charge is -2.44. The highest BCUT2D eigenvalue weighted by molar-refractivity contribution is 7.98. The first kappa shape index (κ1) is 20.4. The van der Waals surface area contributed by atoms with Gasteiger partial charge in [-0.05, 0) is 76.7 Å². The second-order valence-corrected chi connectivity index (χ2v) is 9.14. The van der Waals surface area contributed by atoms with Gasteiger partial charge in [-0.3, -0.25) is 4.79 Å². The van der Waals surface area contributed by atoms with Gasteiger partial charge in [-0.15, -0.1) is 0 Å². The number of carbonyl (C=O) groups is 1. The number of nitrogens with zero attached hydrogens (tertiary/aromatic N) is 3. The van der Waals surface area contributed by atoms with Crippen LogP contribution in [0.2, 0.25) is 0 Å². The van der Waals surface area contributed by atoms with E-state index in [9.17, 15) is 4.79 Å². The van der Waals surface area contributed by atoms with E-state index in [1.807, 2.05) is 26.0 Å². The third-order valence-corrected chi connectivity index (χ3v) is 6.81. The minimum absolute atomic E-state index is 0.114. The summed E-state index contributed by atoms with van der Waals surface area (Å²) in [5.74, 6) is 2.20. The molecule has 0 aliphatic carbocycles. The van der Waals surface area contributed by atoms with E-state index in [0.717, 1.165) is 28.8 Å². The van der Waals surface area contributed by atoms with Crippen LogP contribution in [0.1, 0.15) is 59.8 Å². The number of rotatable bonds is 6. The number of hydrogen-bond acceptors (Lipinski definition) is 6. The molecule has 1 N–H and O–H groups in total. The molecule has 4 heterocycles. The van der Waals surface area contributed by atoms with Crippen LogP contribution < -0.4 is 5.32 Å². The largest absolute Gasteiger partial charge is 0.455 e. The van der Waals surface area contributed by atoms with Gasteiger partial charge in [-0.1, -0.05) is 18.2 Å². The fraction of sp³-hybridized carbons (Fsp3) is 0.591. The number of furan rings is 1. The maximum Gasteiger partial charge on any atom is 0.287 e. The topological polar surface area (TPSA) is 71.3 Å². The summed E-state index contributed by atoms with van der Waals surface area (Å²) in [5, 5.41) is 3.85. The van der Waals surface area contributed by atoms with Crippen molar-refractivity contribution in [3.05, 3.63) is 41.1 Å². The zero-order valence-electron chi connectivity index (χ0n) is 17.3. The van der Waals surface area contributed by atoms with E-state index in [0.29, 0.717) is 23.5 Å². The van der Waals surface area contributed by atoms with Crippen LogP contribution in [0, 0.1) is 19.8 Å². The molecule has 4 rings (SSSR count). The molecule has 7 heteroatoms. The van der Waals surface area contributed by atoms with E-state index in [1.165, 1.54) is 57.0 Å². The molecule has 2 aromatic rings. The first-order valence-corrected chi connectivity index (χ1v) is 11.6. The molecule has 0 spiro atoms. The van der Waals surface area contributed by atoms with Crippen LogP contribution in [0.25, 0.3) is 0 Å². The Hall–Kier alpha value is -1.86. The fourth-order valence-electron chi connectivity index (χ4n) is 4.60. The summed E-state index contributed by atoms with van der Waals surface area (Å²) in [6.45, 7) is 7.11. The summed E-state index contributed by atoms with van der Waals surface area (Å²) >= 11 is 1.52. The van der Waals surface area contributed by atoms with Crippen molar-refractivity contribution in [1.82, 2.24) is 20.2 Å². The molecule has 1 amide bonds. The Labute approximate surface area is 176 Å². The Morgan fingerprint density at radius 1 is 1.17 bits per heavy atom. The third kappa shape index (κ3) is 5.20. The molecular formula is C22H30N4O2S. The quantitative estimate of drug-likeness (QED) is 0.570. The number of nitrogens with one attached hydrogen (secondary N) is 1. The molecule has 156 valence electrons. The van der Waals surface area contributed by atoms with Gasteiger partial charge in [0.05, 0.1) is 5.75 Å². The maximum absolute atomic E-state index is 12.6.